The molecule has 0 unspecified atom stereocenters. The molecule has 4 nitrogen and oxygen atoms in total. The van der Waals surface area contributed by atoms with E-state index in [4.69, 9.17) is 4.74 Å². The lowest BCUT2D eigenvalue weighted by Gasteiger charge is -2.05. The molecular formula is C19H20N2O2. The van der Waals surface area contributed by atoms with Crippen LogP contribution >= 0.6 is 0 Å². The molecule has 2 aromatic carbocycles. The van der Waals surface area contributed by atoms with E-state index in [1.807, 2.05) is 74.5 Å². The maximum absolute atomic E-state index is 11.7. The summed E-state index contributed by atoms with van der Waals surface area (Å²) < 4.78 is 5.40. The quantitative estimate of drug-likeness (QED) is 0.655. The fourth-order valence-electron chi connectivity index (χ4n) is 1.94. The van der Waals surface area contributed by atoms with Gasteiger partial charge in [-0.25, -0.2) is 5.43 Å². The van der Waals surface area contributed by atoms with Gasteiger partial charge in [-0.1, -0.05) is 48.5 Å². The molecule has 0 spiro atoms. The van der Waals surface area contributed by atoms with Gasteiger partial charge in [0.2, 0.25) is 0 Å². The van der Waals surface area contributed by atoms with Crippen LogP contribution in [-0.2, 0) is 4.79 Å². The highest BCUT2D eigenvalue weighted by atomic mass is 16.5. The average molecular weight is 308 g/mol. The first kappa shape index (κ1) is 16.5. The SMILES string of the molecule is CC(/C=N\NC(=O)COc1cccc(C)c1)=C/c1ccccc1. The highest BCUT2D eigenvalue weighted by Gasteiger charge is 2.01. The number of ether oxygens (including phenoxy) is 1. The standard InChI is InChI=1S/C19H20N2O2/c1-15-7-6-10-18(12-15)23-14-19(22)21-20-13-16(2)11-17-8-4-3-5-9-17/h3-13H,14H2,1-2H3,(H,21,22)/b16-11-,20-13-. The van der Waals surface area contributed by atoms with Crippen LogP contribution in [0.25, 0.3) is 6.08 Å². The molecule has 0 saturated carbocycles. The average Bonchev–Trinajstić information content (AvgIpc) is 2.54. The van der Waals surface area contributed by atoms with Crippen molar-refractivity contribution in [1.82, 2.24) is 5.43 Å². The Kier molecular flexibility index (Phi) is 6.12. The van der Waals surface area contributed by atoms with Crippen molar-refractivity contribution in [2.75, 3.05) is 6.61 Å². The van der Waals surface area contributed by atoms with Gasteiger partial charge in [0.1, 0.15) is 5.75 Å². The van der Waals surface area contributed by atoms with Crippen LogP contribution in [0.1, 0.15) is 18.1 Å². The summed E-state index contributed by atoms with van der Waals surface area (Å²) in [6.45, 7) is 3.83. The highest BCUT2D eigenvalue weighted by molar-refractivity contribution is 5.86. The molecule has 2 rings (SSSR count). The second-order valence-electron chi connectivity index (χ2n) is 5.20. The molecule has 1 N–H and O–H groups in total. The number of benzene rings is 2. The van der Waals surface area contributed by atoms with Crippen LogP contribution < -0.4 is 10.2 Å². The number of aryl methyl sites for hydroxylation is 1. The van der Waals surface area contributed by atoms with Gasteiger partial charge >= 0.3 is 0 Å². The molecule has 0 aliphatic carbocycles. The number of carbonyl (C=O) groups excluding carboxylic acids is 1. The van der Waals surface area contributed by atoms with Crippen molar-refractivity contribution < 1.29 is 9.53 Å². The first-order valence-corrected chi connectivity index (χ1v) is 7.38. The van der Waals surface area contributed by atoms with E-state index in [9.17, 15) is 4.79 Å². The van der Waals surface area contributed by atoms with Crippen molar-refractivity contribution in [2.24, 2.45) is 5.10 Å². The third-order valence-electron chi connectivity index (χ3n) is 3.01. The second-order valence-corrected chi connectivity index (χ2v) is 5.20. The van der Waals surface area contributed by atoms with Gasteiger partial charge in [-0.05, 0) is 42.7 Å². The Bertz CT molecular complexity index is 706. The van der Waals surface area contributed by atoms with E-state index in [1.165, 1.54) is 0 Å². The molecule has 23 heavy (non-hydrogen) atoms. The summed E-state index contributed by atoms with van der Waals surface area (Å²) >= 11 is 0. The van der Waals surface area contributed by atoms with Gasteiger partial charge in [0.15, 0.2) is 6.61 Å². The zero-order valence-corrected chi connectivity index (χ0v) is 13.3. The molecule has 0 fully saturated rings. The monoisotopic (exact) mass is 308 g/mol. The van der Waals surface area contributed by atoms with Gasteiger partial charge in [0.05, 0.1) is 6.21 Å². The summed E-state index contributed by atoms with van der Waals surface area (Å²) in [7, 11) is 0. The number of allylic oxidation sites excluding steroid dienone is 1. The summed E-state index contributed by atoms with van der Waals surface area (Å²) in [5.41, 5.74) is 5.56. The fraction of sp³-hybridized carbons (Fsp3) is 0.158. The van der Waals surface area contributed by atoms with Crippen LogP contribution in [0.2, 0.25) is 0 Å². The van der Waals surface area contributed by atoms with Crippen molar-refractivity contribution in [3.05, 3.63) is 71.3 Å². The van der Waals surface area contributed by atoms with Crippen molar-refractivity contribution in [1.29, 1.82) is 0 Å². The molecular weight excluding hydrogens is 288 g/mol. The Morgan fingerprint density at radius 2 is 1.96 bits per heavy atom. The molecule has 0 aliphatic heterocycles. The first-order valence-electron chi connectivity index (χ1n) is 7.38. The highest BCUT2D eigenvalue weighted by Crippen LogP contribution is 2.11. The Morgan fingerprint density at radius 3 is 2.70 bits per heavy atom. The number of hydrogen-bond acceptors (Lipinski definition) is 3. The maximum atomic E-state index is 11.7. The van der Waals surface area contributed by atoms with Crippen LogP contribution in [0.4, 0.5) is 0 Å². The number of carbonyl (C=O) groups is 1. The van der Waals surface area contributed by atoms with Crippen LogP contribution in [0.3, 0.4) is 0 Å². The van der Waals surface area contributed by atoms with Crippen LogP contribution in [0.15, 0.2) is 65.3 Å². The number of rotatable bonds is 6. The van der Waals surface area contributed by atoms with E-state index in [0.29, 0.717) is 5.75 Å². The summed E-state index contributed by atoms with van der Waals surface area (Å²) in [4.78, 5) is 11.7. The predicted molar refractivity (Wildman–Crippen MR) is 93.4 cm³/mol. The summed E-state index contributed by atoms with van der Waals surface area (Å²) in [6, 6.07) is 17.5. The minimum atomic E-state index is -0.296. The van der Waals surface area contributed by atoms with Crippen molar-refractivity contribution in [3.8, 4) is 5.75 Å². The fourth-order valence-corrected chi connectivity index (χ4v) is 1.94. The third-order valence-corrected chi connectivity index (χ3v) is 3.01. The van der Waals surface area contributed by atoms with E-state index in [2.05, 4.69) is 10.5 Å². The Morgan fingerprint density at radius 1 is 1.17 bits per heavy atom. The zero-order chi connectivity index (χ0) is 16.5. The van der Waals surface area contributed by atoms with Gasteiger partial charge < -0.3 is 4.74 Å². The molecule has 4 heteroatoms. The maximum Gasteiger partial charge on any atom is 0.277 e. The molecule has 2 aromatic rings. The Hall–Kier alpha value is -2.88. The van der Waals surface area contributed by atoms with E-state index >= 15 is 0 Å². The van der Waals surface area contributed by atoms with Crippen molar-refractivity contribution in [3.63, 3.8) is 0 Å². The lowest BCUT2D eigenvalue weighted by molar-refractivity contribution is -0.123. The summed E-state index contributed by atoms with van der Waals surface area (Å²) in [6.07, 6.45) is 3.59. The topological polar surface area (TPSA) is 50.7 Å². The van der Waals surface area contributed by atoms with Crippen LogP contribution in [-0.4, -0.2) is 18.7 Å². The number of hydrazone groups is 1. The predicted octanol–water partition coefficient (Wildman–Crippen LogP) is 3.58. The number of nitrogens with zero attached hydrogens (tertiary/aromatic N) is 1. The largest absolute Gasteiger partial charge is 0.484 e. The van der Waals surface area contributed by atoms with Crippen molar-refractivity contribution >= 4 is 18.2 Å². The molecule has 0 heterocycles. The minimum Gasteiger partial charge on any atom is -0.484 e. The first-order chi connectivity index (χ1) is 11.1. The molecule has 0 aliphatic rings. The molecule has 0 atom stereocenters. The Balaban J connectivity index is 1.78. The molecule has 0 bridgehead atoms. The minimum absolute atomic E-state index is 0.0672. The molecule has 1 amide bonds. The number of hydrogen-bond donors (Lipinski definition) is 1. The normalized spacial score (nSPS) is 11.5. The second kappa shape index (κ2) is 8.54. The van der Waals surface area contributed by atoms with E-state index < -0.39 is 0 Å². The number of amides is 1. The third kappa shape index (κ3) is 6.18. The Labute approximate surface area is 136 Å². The van der Waals surface area contributed by atoms with Crippen LogP contribution in [0, 0.1) is 6.92 Å². The van der Waals surface area contributed by atoms with Gasteiger partial charge in [-0.15, -0.1) is 0 Å². The number of nitrogens with one attached hydrogen (secondary N) is 1. The van der Waals surface area contributed by atoms with Gasteiger partial charge in [0, 0.05) is 0 Å². The van der Waals surface area contributed by atoms with Crippen LogP contribution in [0.5, 0.6) is 5.75 Å². The summed E-state index contributed by atoms with van der Waals surface area (Å²) in [5.74, 6) is 0.375. The summed E-state index contributed by atoms with van der Waals surface area (Å²) in [5, 5.41) is 3.92. The van der Waals surface area contributed by atoms with Gasteiger partial charge in [0.25, 0.3) is 5.91 Å². The smallest absolute Gasteiger partial charge is 0.277 e. The molecule has 0 radical (unpaired) electrons. The molecule has 0 aromatic heterocycles. The van der Waals surface area contributed by atoms with Crippen molar-refractivity contribution in [2.45, 2.75) is 13.8 Å². The van der Waals surface area contributed by atoms with E-state index in [0.717, 1.165) is 16.7 Å². The van der Waals surface area contributed by atoms with Gasteiger partial charge in [-0.3, -0.25) is 4.79 Å². The van der Waals surface area contributed by atoms with E-state index in [-0.39, 0.29) is 12.5 Å². The zero-order valence-electron chi connectivity index (χ0n) is 13.3. The van der Waals surface area contributed by atoms with E-state index in [1.54, 1.807) is 6.21 Å². The molecule has 0 saturated heterocycles. The lowest BCUT2D eigenvalue weighted by Crippen LogP contribution is -2.24. The molecule has 118 valence electrons. The lowest BCUT2D eigenvalue weighted by atomic mass is 10.1. The van der Waals surface area contributed by atoms with Gasteiger partial charge in [-0.2, -0.15) is 5.10 Å².